The Labute approximate surface area is 126 Å². The van der Waals surface area contributed by atoms with E-state index >= 15 is 0 Å². The van der Waals surface area contributed by atoms with Gasteiger partial charge in [0.2, 0.25) is 0 Å². The Morgan fingerprint density at radius 2 is 1.81 bits per heavy atom. The Balaban J connectivity index is 2.15. The fraction of sp³-hybridized carbons (Fsp3) is 0.625. The number of hydrogen-bond acceptors (Lipinski definition) is 4. The van der Waals surface area contributed by atoms with Crippen molar-refractivity contribution in [3.63, 3.8) is 0 Å². The van der Waals surface area contributed by atoms with E-state index in [-0.39, 0.29) is 0 Å². The first kappa shape index (κ1) is 16.0. The molecule has 5 heteroatoms. The molecule has 21 heavy (non-hydrogen) atoms. The van der Waals surface area contributed by atoms with Gasteiger partial charge in [-0.2, -0.15) is 0 Å². The number of hydrogen-bond donors (Lipinski definition) is 1. The number of methoxy groups -OCH3 is 2. The van der Waals surface area contributed by atoms with Gasteiger partial charge >= 0.3 is 0 Å². The molecular formula is C16H25FN2O2. The molecule has 0 spiro atoms. The molecule has 0 saturated carbocycles. The lowest BCUT2D eigenvalue weighted by Gasteiger charge is -2.27. The lowest BCUT2D eigenvalue weighted by molar-refractivity contribution is 0.243. The summed E-state index contributed by atoms with van der Waals surface area (Å²) in [6.07, 6.45) is -0.188. The molecule has 0 amide bonds. The maximum Gasteiger partial charge on any atom is 0.161 e. The zero-order valence-electron chi connectivity index (χ0n) is 13.1. The van der Waals surface area contributed by atoms with Crippen LogP contribution in [-0.2, 0) is 6.42 Å². The molecule has 0 aliphatic carbocycles. The van der Waals surface area contributed by atoms with Crippen LogP contribution in [0, 0.1) is 0 Å². The summed E-state index contributed by atoms with van der Waals surface area (Å²) in [7, 11) is 3.18. The molecule has 0 radical (unpaired) electrons. The van der Waals surface area contributed by atoms with Gasteiger partial charge in [0.15, 0.2) is 11.5 Å². The Bertz CT molecular complexity index is 460. The van der Waals surface area contributed by atoms with Crippen molar-refractivity contribution < 1.29 is 13.9 Å². The van der Waals surface area contributed by atoms with Crippen LogP contribution in [0.2, 0.25) is 0 Å². The third-order valence-corrected chi connectivity index (χ3v) is 3.98. The molecular weight excluding hydrogens is 271 g/mol. The van der Waals surface area contributed by atoms with Crippen LogP contribution in [-0.4, -0.2) is 51.8 Å². The quantitative estimate of drug-likeness (QED) is 0.872. The first-order chi connectivity index (χ1) is 10.2. The minimum atomic E-state index is -1.01. The summed E-state index contributed by atoms with van der Waals surface area (Å²) in [5.74, 6) is 1.25. The second-order valence-electron chi connectivity index (χ2n) is 5.36. The molecule has 2 rings (SSSR count). The van der Waals surface area contributed by atoms with Crippen molar-refractivity contribution in [2.45, 2.75) is 19.5 Å². The van der Waals surface area contributed by atoms with Gasteiger partial charge in [0.1, 0.15) is 6.17 Å². The molecule has 1 aliphatic rings. The highest BCUT2D eigenvalue weighted by molar-refractivity contribution is 5.48. The molecule has 1 fully saturated rings. The fourth-order valence-electron chi connectivity index (χ4n) is 2.74. The molecule has 1 aliphatic heterocycles. The summed E-state index contributed by atoms with van der Waals surface area (Å²) in [4.78, 5) is 2.40. The highest BCUT2D eigenvalue weighted by atomic mass is 19.1. The molecule has 1 atom stereocenters. The molecule has 0 aromatic heterocycles. The second-order valence-corrected chi connectivity index (χ2v) is 5.36. The zero-order valence-corrected chi connectivity index (χ0v) is 13.1. The van der Waals surface area contributed by atoms with Crippen molar-refractivity contribution in [1.82, 2.24) is 10.2 Å². The van der Waals surface area contributed by atoms with E-state index in [1.165, 1.54) is 0 Å². The average molecular weight is 296 g/mol. The van der Waals surface area contributed by atoms with Crippen LogP contribution < -0.4 is 14.8 Å². The number of nitrogens with zero attached hydrogens (tertiary/aromatic N) is 1. The van der Waals surface area contributed by atoms with Crippen molar-refractivity contribution in [3.05, 3.63) is 23.3 Å². The number of halogens is 1. The Morgan fingerprint density at radius 3 is 2.38 bits per heavy atom. The monoisotopic (exact) mass is 296 g/mol. The van der Waals surface area contributed by atoms with Gasteiger partial charge in [0.05, 0.1) is 14.2 Å². The maximum atomic E-state index is 13.9. The summed E-state index contributed by atoms with van der Waals surface area (Å²) < 4.78 is 24.5. The lowest BCUT2D eigenvalue weighted by atomic mass is 10.00. The number of rotatable bonds is 6. The Kier molecular flexibility index (Phi) is 5.82. The second kappa shape index (κ2) is 7.61. The summed E-state index contributed by atoms with van der Waals surface area (Å²) in [6, 6.07) is 3.67. The topological polar surface area (TPSA) is 33.7 Å². The smallest absolute Gasteiger partial charge is 0.161 e. The van der Waals surface area contributed by atoms with E-state index in [0.717, 1.165) is 44.7 Å². The Morgan fingerprint density at radius 1 is 1.19 bits per heavy atom. The van der Waals surface area contributed by atoms with Crippen LogP contribution in [0.1, 0.15) is 24.2 Å². The minimum absolute atomic E-state index is 0.586. The molecule has 1 unspecified atom stereocenters. The molecule has 1 aromatic rings. The van der Waals surface area contributed by atoms with Crippen LogP contribution in [0.15, 0.2) is 12.1 Å². The van der Waals surface area contributed by atoms with Gasteiger partial charge in [-0.15, -0.1) is 0 Å². The van der Waals surface area contributed by atoms with E-state index < -0.39 is 6.17 Å². The highest BCUT2D eigenvalue weighted by Gasteiger charge is 2.17. The molecule has 1 saturated heterocycles. The lowest BCUT2D eigenvalue weighted by Crippen LogP contribution is -2.44. The van der Waals surface area contributed by atoms with Crippen molar-refractivity contribution in [2.75, 3.05) is 46.9 Å². The van der Waals surface area contributed by atoms with E-state index in [1.807, 2.05) is 6.07 Å². The molecule has 1 heterocycles. The van der Waals surface area contributed by atoms with Crippen LogP contribution in [0.4, 0.5) is 4.39 Å². The van der Waals surface area contributed by atoms with Crippen LogP contribution in [0.25, 0.3) is 0 Å². The summed E-state index contributed by atoms with van der Waals surface area (Å²) >= 11 is 0. The van der Waals surface area contributed by atoms with Gasteiger partial charge in [0.25, 0.3) is 0 Å². The van der Waals surface area contributed by atoms with Crippen LogP contribution in [0.5, 0.6) is 11.5 Å². The molecule has 118 valence electrons. The number of alkyl halides is 1. The fourth-order valence-corrected chi connectivity index (χ4v) is 2.74. The number of ether oxygens (including phenoxy) is 2. The van der Waals surface area contributed by atoms with E-state index in [9.17, 15) is 4.39 Å². The van der Waals surface area contributed by atoms with Gasteiger partial charge in [-0.3, -0.25) is 0 Å². The maximum absolute atomic E-state index is 13.9. The summed E-state index contributed by atoms with van der Waals surface area (Å²) in [5.41, 5.74) is 1.70. The third-order valence-electron chi connectivity index (χ3n) is 3.98. The van der Waals surface area contributed by atoms with Gasteiger partial charge < -0.3 is 19.7 Å². The summed E-state index contributed by atoms with van der Waals surface area (Å²) in [5, 5.41) is 3.34. The highest BCUT2D eigenvalue weighted by Crippen LogP contribution is 2.34. The largest absolute Gasteiger partial charge is 0.493 e. The van der Waals surface area contributed by atoms with E-state index in [2.05, 4.69) is 10.2 Å². The minimum Gasteiger partial charge on any atom is -0.493 e. The van der Waals surface area contributed by atoms with Gasteiger partial charge in [-0.1, -0.05) is 0 Å². The van der Waals surface area contributed by atoms with E-state index in [0.29, 0.717) is 17.1 Å². The molecule has 4 nitrogen and oxygen atoms in total. The zero-order chi connectivity index (χ0) is 15.2. The summed E-state index contributed by atoms with van der Waals surface area (Å²) in [6.45, 7) is 6.66. The standard InChI is InChI=1S/C16H25FN2O2/c1-12(17)14-11-16(21-3)15(20-2)10-13(14)4-7-19-8-5-18-6-9-19/h10-12,18H,4-9H2,1-3H3. The van der Waals surface area contributed by atoms with Gasteiger partial charge in [-0.25, -0.2) is 4.39 Å². The predicted octanol–water partition coefficient (Wildman–Crippen LogP) is 2.18. The molecule has 1 N–H and O–H groups in total. The van der Waals surface area contributed by atoms with Crippen LogP contribution >= 0.6 is 0 Å². The Hall–Kier alpha value is -1.33. The van der Waals surface area contributed by atoms with Gasteiger partial charge in [0, 0.05) is 32.7 Å². The van der Waals surface area contributed by atoms with Gasteiger partial charge in [-0.05, 0) is 36.6 Å². The first-order valence-electron chi connectivity index (χ1n) is 7.47. The van der Waals surface area contributed by atoms with Crippen molar-refractivity contribution in [1.29, 1.82) is 0 Å². The number of piperazine rings is 1. The first-order valence-corrected chi connectivity index (χ1v) is 7.47. The number of benzene rings is 1. The molecule has 0 bridgehead atoms. The normalized spacial score (nSPS) is 17.5. The number of nitrogens with one attached hydrogen (secondary N) is 1. The van der Waals surface area contributed by atoms with Crippen molar-refractivity contribution >= 4 is 0 Å². The van der Waals surface area contributed by atoms with Crippen LogP contribution in [0.3, 0.4) is 0 Å². The predicted molar refractivity (Wildman–Crippen MR) is 82.1 cm³/mol. The van der Waals surface area contributed by atoms with E-state index in [1.54, 1.807) is 27.2 Å². The third kappa shape index (κ3) is 4.08. The molecule has 1 aromatic carbocycles. The van der Waals surface area contributed by atoms with Crippen molar-refractivity contribution in [3.8, 4) is 11.5 Å². The average Bonchev–Trinajstić information content (AvgIpc) is 2.52. The van der Waals surface area contributed by atoms with Crippen molar-refractivity contribution in [2.24, 2.45) is 0 Å². The van der Waals surface area contributed by atoms with E-state index in [4.69, 9.17) is 9.47 Å². The SMILES string of the molecule is COc1cc(CCN2CCNCC2)c(C(C)F)cc1OC.